The minimum atomic E-state index is -3.63. The normalized spacial score (nSPS) is 18.4. The van der Waals surface area contributed by atoms with Gasteiger partial charge in [0.2, 0.25) is 21.8 Å². The number of fused-ring (bicyclic) bond motifs is 1. The predicted octanol–water partition coefficient (Wildman–Crippen LogP) is 2.48. The van der Waals surface area contributed by atoms with Crippen LogP contribution in [0, 0.1) is 0 Å². The zero-order valence-electron chi connectivity index (χ0n) is 14.8. The Kier molecular flexibility index (Phi) is 4.57. The highest BCUT2D eigenvalue weighted by atomic mass is 32.2. The van der Waals surface area contributed by atoms with Crippen LogP contribution in [0.2, 0.25) is 0 Å². The van der Waals surface area contributed by atoms with Crippen LogP contribution in [-0.2, 0) is 32.6 Å². The summed E-state index contributed by atoms with van der Waals surface area (Å²) in [6, 6.07) is 13.9. The number of rotatable bonds is 3. The van der Waals surface area contributed by atoms with Gasteiger partial charge in [-0.3, -0.25) is 14.5 Å². The molecule has 2 amide bonds. The van der Waals surface area contributed by atoms with E-state index in [0.717, 1.165) is 10.5 Å². The highest BCUT2D eigenvalue weighted by molar-refractivity contribution is 7.89. The smallest absolute Gasteiger partial charge is 0.243 e. The molecule has 0 spiro atoms. The molecule has 1 saturated heterocycles. The molecule has 0 aromatic heterocycles. The zero-order valence-corrected chi connectivity index (χ0v) is 15.6. The van der Waals surface area contributed by atoms with Gasteiger partial charge in [-0.25, -0.2) is 8.42 Å². The first-order valence-electron chi connectivity index (χ1n) is 8.99. The lowest BCUT2D eigenvalue weighted by atomic mass is 10.0. The van der Waals surface area contributed by atoms with Crippen LogP contribution < -0.4 is 4.90 Å². The largest absolute Gasteiger partial charge is 0.274 e. The van der Waals surface area contributed by atoms with Crippen molar-refractivity contribution in [3.8, 4) is 0 Å². The minimum Gasteiger partial charge on any atom is -0.274 e. The van der Waals surface area contributed by atoms with Gasteiger partial charge in [0.1, 0.15) is 0 Å². The van der Waals surface area contributed by atoms with Crippen molar-refractivity contribution in [1.82, 2.24) is 4.31 Å². The Morgan fingerprint density at radius 2 is 1.41 bits per heavy atom. The van der Waals surface area contributed by atoms with Gasteiger partial charge in [0, 0.05) is 25.9 Å². The molecular formula is C20H20N2O4S. The quantitative estimate of drug-likeness (QED) is 0.762. The number of carbonyl (C=O) groups is 2. The number of amides is 2. The van der Waals surface area contributed by atoms with E-state index >= 15 is 0 Å². The van der Waals surface area contributed by atoms with Gasteiger partial charge >= 0.3 is 0 Å². The van der Waals surface area contributed by atoms with Gasteiger partial charge in [-0.15, -0.1) is 0 Å². The van der Waals surface area contributed by atoms with Gasteiger partial charge in [0.15, 0.2) is 0 Å². The summed E-state index contributed by atoms with van der Waals surface area (Å²) in [6.45, 7) is 0.785. The molecule has 0 N–H and O–H groups in total. The summed E-state index contributed by atoms with van der Waals surface area (Å²) in [7, 11) is -3.63. The van der Waals surface area contributed by atoms with E-state index < -0.39 is 10.0 Å². The van der Waals surface area contributed by atoms with Crippen molar-refractivity contribution in [3.63, 3.8) is 0 Å². The van der Waals surface area contributed by atoms with E-state index in [1.54, 1.807) is 0 Å². The summed E-state index contributed by atoms with van der Waals surface area (Å²) in [5.41, 5.74) is 2.63. The van der Waals surface area contributed by atoms with Crippen LogP contribution in [0.25, 0.3) is 0 Å². The molecule has 0 radical (unpaired) electrons. The molecule has 2 aliphatic heterocycles. The van der Waals surface area contributed by atoms with Crippen LogP contribution in [0.3, 0.4) is 0 Å². The molecule has 7 heteroatoms. The lowest BCUT2D eigenvalue weighted by molar-refractivity contribution is -0.129. The molecule has 2 heterocycles. The maximum atomic E-state index is 13.0. The van der Waals surface area contributed by atoms with Gasteiger partial charge in [0.25, 0.3) is 0 Å². The fourth-order valence-electron chi connectivity index (χ4n) is 3.63. The van der Waals surface area contributed by atoms with Crippen LogP contribution in [0.5, 0.6) is 0 Å². The Morgan fingerprint density at radius 3 is 2.07 bits per heavy atom. The summed E-state index contributed by atoms with van der Waals surface area (Å²) in [4.78, 5) is 25.4. The third kappa shape index (κ3) is 3.28. The van der Waals surface area contributed by atoms with E-state index in [9.17, 15) is 18.0 Å². The van der Waals surface area contributed by atoms with Gasteiger partial charge in [0.05, 0.1) is 10.6 Å². The summed E-state index contributed by atoms with van der Waals surface area (Å²) in [5, 5.41) is 0. The average molecular weight is 384 g/mol. The van der Waals surface area contributed by atoms with Crippen molar-refractivity contribution in [2.45, 2.75) is 37.1 Å². The van der Waals surface area contributed by atoms with Crippen molar-refractivity contribution in [3.05, 3.63) is 59.7 Å². The minimum absolute atomic E-state index is 0.169. The molecular weight excluding hydrogens is 364 g/mol. The zero-order chi connectivity index (χ0) is 19.0. The number of imide groups is 1. The first-order valence-corrected chi connectivity index (χ1v) is 10.4. The second-order valence-corrected chi connectivity index (χ2v) is 8.77. The topological polar surface area (TPSA) is 74.8 Å². The summed E-state index contributed by atoms with van der Waals surface area (Å²) >= 11 is 0. The standard InChI is InChI=1S/C20H20N2O4S/c23-19-6-3-7-20(24)22(19)17-8-10-18(11-9-17)27(25,26)21-13-12-15-4-1-2-5-16(15)14-21/h1-2,4-5,8-11H,3,6-7,12-14H2. The van der Waals surface area contributed by atoms with Crippen molar-refractivity contribution in [1.29, 1.82) is 0 Å². The molecule has 0 atom stereocenters. The number of sulfonamides is 1. The number of carbonyl (C=O) groups excluding carboxylic acids is 2. The maximum absolute atomic E-state index is 13.0. The maximum Gasteiger partial charge on any atom is 0.243 e. The Morgan fingerprint density at radius 1 is 0.778 bits per heavy atom. The highest BCUT2D eigenvalue weighted by Crippen LogP contribution is 2.27. The number of hydrogen-bond acceptors (Lipinski definition) is 4. The fraction of sp³-hybridized carbons (Fsp3) is 0.300. The summed E-state index contributed by atoms with van der Waals surface area (Å²) in [5.74, 6) is -0.482. The van der Waals surface area contributed by atoms with E-state index in [1.165, 1.54) is 34.1 Å². The van der Waals surface area contributed by atoms with E-state index in [4.69, 9.17) is 0 Å². The van der Waals surface area contributed by atoms with E-state index in [2.05, 4.69) is 0 Å². The van der Waals surface area contributed by atoms with Crippen LogP contribution in [0.15, 0.2) is 53.4 Å². The molecule has 140 valence electrons. The van der Waals surface area contributed by atoms with E-state index in [-0.39, 0.29) is 16.7 Å². The fourth-order valence-corrected chi connectivity index (χ4v) is 5.05. The monoisotopic (exact) mass is 384 g/mol. The lowest BCUT2D eigenvalue weighted by Crippen LogP contribution is -2.40. The number of piperidine rings is 1. The van der Waals surface area contributed by atoms with Crippen LogP contribution in [0.4, 0.5) is 5.69 Å². The van der Waals surface area contributed by atoms with Gasteiger partial charge in [-0.1, -0.05) is 24.3 Å². The lowest BCUT2D eigenvalue weighted by Gasteiger charge is -2.28. The third-order valence-electron chi connectivity index (χ3n) is 5.11. The molecule has 2 aromatic carbocycles. The molecule has 4 rings (SSSR count). The number of anilines is 1. The van der Waals surface area contributed by atoms with Crippen molar-refractivity contribution >= 4 is 27.5 Å². The molecule has 6 nitrogen and oxygen atoms in total. The highest BCUT2D eigenvalue weighted by Gasteiger charge is 2.30. The Labute approximate surface area is 158 Å². The molecule has 0 bridgehead atoms. The Hall–Kier alpha value is -2.51. The van der Waals surface area contributed by atoms with Gasteiger partial charge in [-0.2, -0.15) is 4.31 Å². The second-order valence-electron chi connectivity index (χ2n) is 6.83. The molecule has 0 unspecified atom stereocenters. The predicted molar refractivity (Wildman–Crippen MR) is 101 cm³/mol. The van der Waals surface area contributed by atoms with Crippen LogP contribution >= 0.6 is 0 Å². The molecule has 0 saturated carbocycles. The van der Waals surface area contributed by atoms with E-state index in [1.807, 2.05) is 24.3 Å². The van der Waals surface area contributed by atoms with Crippen molar-refractivity contribution in [2.75, 3.05) is 11.4 Å². The van der Waals surface area contributed by atoms with Crippen LogP contribution in [0.1, 0.15) is 30.4 Å². The molecule has 27 heavy (non-hydrogen) atoms. The van der Waals surface area contributed by atoms with Gasteiger partial charge in [-0.05, 0) is 48.2 Å². The average Bonchev–Trinajstić information content (AvgIpc) is 2.68. The number of benzene rings is 2. The molecule has 2 aromatic rings. The second kappa shape index (κ2) is 6.90. The first-order chi connectivity index (χ1) is 13.0. The molecule has 2 aliphatic rings. The molecule has 1 fully saturated rings. The van der Waals surface area contributed by atoms with Gasteiger partial charge < -0.3 is 0 Å². The Balaban J connectivity index is 1.58. The summed E-state index contributed by atoms with van der Waals surface area (Å²) in [6.07, 6.45) is 1.92. The number of nitrogens with zero attached hydrogens (tertiary/aromatic N) is 2. The van der Waals surface area contributed by atoms with E-state index in [0.29, 0.717) is 44.5 Å². The van der Waals surface area contributed by atoms with Crippen molar-refractivity contribution < 1.29 is 18.0 Å². The Bertz CT molecular complexity index is 983. The van der Waals surface area contributed by atoms with Crippen LogP contribution in [-0.4, -0.2) is 31.1 Å². The molecule has 0 aliphatic carbocycles. The SMILES string of the molecule is O=C1CCCC(=O)N1c1ccc(S(=O)(=O)N2CCc3ccccc3C2)cc1. The summed E-state index contributed by atoms with van der Waals surface area (Å²) < 4.78 is 27.5. The first kappa shape index (κ1) is 17.9. The van der Waals surface area contributed by atoms with Crippen molar-refractivity contribution in [2.24, 2.45) is 0 Å². The third-order valence-corrected chi connectivity index (χ3v) is 6.97. The number of hydrogen-bond donors (Lipinski definition) is 0.